The molecule has 0 aromatic heterocycles. The summed E-state index contributed by atoms with van der Waals surface area (Å²) in [6.07, 6.45) is 2.49. The molecule has 2 aromatic carbocycles. The number of Topliss-reactive ketones (excluding diaryl/α,β-unsaturated/α-hetero) is 1. The van der Waals surface area contributed by atoms with Gasteiger partial charge in [0.1, 0.15) is 11.5 Å². The maximum Gasteiger partial charge on any atom is 0.143 e. The quantitative estimate of drug-likeness (QED) is 0.732. The lowest BCUT2D eigenvalue weighted by Gasteiger charge is -2.34. The summed E-state index contributed by atoms with van der Waals surface area (Å²) in [7, 11) is 0. The van der Waals surface area contributed by atoms with E-state index in [1.165, 1.54) is 27.5 Å². The second-order valence-electron chi connectivity index (χ2n) is 6.83. The smallest absolute Gasteiger partial charge is 0.143 e. The number of carbonyl (C=O) groups is 1. The highest BCUT2D eigenvalue weighted by Crippen LogP contribution is 2.44. The van der Waals surface area contributed by atoms with E-state index in [1.807, 2.05) is 13.8 Å². The van der Waals surface area contributed by atoms with Crippen molar-refractivity contribution in [3.63, 3.8) is 0 Å². The van der Waals surface area contributed by atoms with Gasteiger partial charge in [0.2, 0.25) is 0 Å². The van der Waals surface area contributed by atoms with Crippen LogP contribution in [-0.4, -0.2) is 12.4 Å². The van der Waals surface area contributed by atoms with Crippen molar-refractivity contribution in [2.24, 2.45) is 0 Å². The maximum absolute atomic E-state index is 12.3. The molecule has 0 N–H and O–H groups in total. The molecule has 0 amide bonds. The maximum atomic E-state index is 12.3. The normalized spacial score (nSPS) is 19.3. The molecule has 21 heavy (non-hydrogen) atoms. The fraction of sp³-hybridized carbons (Fsp3) is 0.421. The van der Waals surface area contributed by atoms with E-state index in [0.717, 1.165) is 30.8 Å². The Morgan fingerprint density at radius 2 is 1.90 bits per heavy atom. The molecule has 0 fully saturated rings. The van der Waals surface area contributed by atoms with Crippen molar-refractivity contribution in [1.29, 1.82) is 0 Å². The van der Waals surface area contributed by atoms with E-state index < -0.39 is 5.41 Å². The van der Waals surface area contributed by atoms with Gasteiger partial charge in [-0.2, -0.15) is 0 Å². The summed E-state index contributed by atoms with van der Waals surface area (Å²) in [6, 6.07) is 6.57. The van der Waals surface area contributed by atoms with Crippen molar-refractivity contribution in [1.82, 2.24) is 0 Å². The van der Waals surface area contributed by atoms with Gasteiger partial charge in [0.15, 0.2) is 0 Å². The molecule has 2 aliphatic rings. The first kappa shape index (κ1) is 12.9. The fourth-order valence-corrected chi connectivity index (χ4v) is 3.95. The van der Waals surface area contributed by atoms with Gasteiger partial charge in [-0.1, -0.05) is 12.1 Å². The zero-order valence-corrected chi connectivity index (χ0v) is 12.9. The van der Waals surface area contributed by atoms with Gasteiger partial charge < -0.3 is 4.74 Å². The molecule has 1 aliphatic heterocycles. The summed E-state index contributed by atoms with van der Waals surface area (Å²) in [5.41, 5.74) is 4.89. The van der Waals surface area contributed by atoms with Crippen LogP contribution in [0.1, 0.15) is 42.5 Å². The fourth-order valence-electron chi connectivity index (χ4n) is 3.95. The van der Waals surface area contributed by atoms with Gasteiger partial charge in [-0.25, -0.2) is 0 Å². The average Bonchev–Trinajstić information content (AvgIpc) is 2.47. The second-order valence-corrected chi connectivity index (χ2v) is 6.83. The molecule has 108 valence electrons. The molecule has 0 atom stereocenters. The Morgan fingerprint density at radius 1 is 1.10 bits per heavy atom. The van der Waals surface area contributed by atoms with Gasteiger partial charge in [-0.15, -0.1) is 0 Å². The lowest BCUT2D eigenvalue weighted by Crippen LogP contribution is -2.34. The van der Waals surface area contributed by atoms with E-state index in [1.54, 1.807) is 0 Å². The van der Waals surface area contributed by atoms with Crippen molar-refractivity contribution in [2.75, 3.05) is 6.61 Å². The van der Waals surface area contributed by atoms with Crippen LogP contribution in [0, 0.1) is 6.92 Å². The number of benzene rings is 2. The number of rotatable bonds is 0. The monoisotopic (exact) mass is 280 g/mol. The van der Waals surface area contributed by atoms with Gasteiger partial charge in [-0.3, -0.25) is 4.79 Å². The van der Waals surface area contributed by atoms with Crippen LogP contribution in [-0.2, 0) is 23.1 Å². The molecule has 0 saturated carbocycles. The molecule has 0 unspecified atom stereocenters. The summed E-state index contributed by atoms with van der Waals surface area (Å²) in [6.45, 7) is 7.00. The van der Waals surface area contributed by atoms with Crippen molar-refractivity contribution >= 4 is 16.6 Å². The minimum atomic E-state index is -0.399. The van der Waals surface area contributed by atoms with Crippen molar-refractivity contribution in [3.8, 4) is 5.75 Å². The largest absolute Gasteiger partial charge is 0.493 e. The third kappa shape index (κ3) is 1.62. The van der Waals surface area contributed by atoms with Crippen molar-refractivity contribution in [2.45, 2.75) is 45.4 Å². The molecular weight excluding hydrogens is 260 g/mol. The third-order valence-electron chi connectivity index (χ3n) is 5.30. The molecule has 2 nitrogen and oxygen atoms in total. The molecule has 1 aliphatic carbocycles. The lowest BCUT2D eigenvalue weighted by atomic mass is 9.70. The number of fused-ring (bicyclic) bond motifs is 2. The molecule has 0 spiro atoms. The molecule has 0 bridgehead atoms. The van der Waals surface area contributed by atoms with E-state index in [9.17, 15) is 4.79 Å². The summed E-state index contributed by atoms with van der Waals surface area (Å²) in [5.74, 6) is 1.31. The predicted molar refractivity (Wildman–Crippen MR) is 84.2 cm³/mol. The van der Waals surface area contributed by atoms with Crippen LogP contribution in [0.4, 0.5) is 0 Å². The predicted octanol–water partition coefficient (Wildman–Crippen LogP) is 3.88. The minimum Gasteiger partial charge on any atom is -0.493 e. The Balaban J connectivity index is 2.14. The molecule has 2 aromatic rings. The SMILES string of the molecule is Cc1ccc2c3c(cc4c2c1CCO4)C(C)(C)C(=O)CC3. The Kier molecular flexibility index (Phi) is 2.51. The van der Waals surface area contributed by atoms with Gasteiger partial charge in [0.05, 0.1) is 6.61 Å². The van der Waals surface area contributed by atoms with Crippen LogP contribution >= 0.6 is 0 Å². The summed E-state index contributed by atoms with van der Waals surface area (Å²) < 4.78 is 5.93. The minimum absolute atomic E-state index is 0.338. The summed E-state index contributed by atoms with van der Waals surface area (Å²) >= 11 is 0. The molecule has 0 radical (unpaired) electrons. The van der Waals surface area contributed by atoms with Crippen LogP contribution < -0.4 is 4.74 Å². The number of carbonyl (C=O) groups excluding carboxylic acids is 1. The van der Waals surface area contributed by atoms with Gasteiger partial charge in [0.25, 0.3) is 0 Å². The van der Waals surface area contributed by atoms with Crippen molar-refractivity contribution in [3.05, 3.63) is 40.5 Å². The topological polar surface area (TPSA) is 26.3 Å². The first-order valence-electron chi connectivity index (χ1n) is 7.75. The molecule has 2 heteroatoms. The van der Waals surface area contributed by atoms with Crippen LogP contribution in [0.25, 0.3) is 10.8 Å². The van der Waals surface area contributed by atoms with E-state index >= 15 is 0 Å². The Bertz CT molecular complexity index is 784. The van der Waals surface area contributed by atoms with Gasteiger partial charge >= 0.3 is 0 Å². The number of ketones is 1. The number of hydrogen-bond donors (Lipinski definition) is 0. The number of aryl methyl sites for hydroxylation is 2. The molecule has 0 saturated heterocycles. The first-order chi connectivity index (χ1) is 10.00. The first-order valence-corrected chi connectivity index (χ1v) is 7.75. The van der Waals surface area contributed by atoms with E-state index in [4.69, 9.17) is 4.74 Å². The Labute approximate surface area is 125 Å². The Morgan fingerprint density at radius 3 is 2.71 bits per heavy atom. The van der Waals surface area contributed by atoms with Crippen LogP contribution in [0.15, 0.2) is 18.2 Å². The van der Waals surface area contributed by atoms with E-state index in [2.05, 4.69) is 25.1 Å². The van der Waals surface area contributed by atoms with Crippen molar-refractivity contribution < 1.29 is 9.53 Å². The molecule has 1 heterocycles. The highest BCUT2D eigenvalue weighted by Gasteiger charge is 2.37. The summed E-state index contributed by atoms with van der Waals surface area (Å²) in [5, 5.41) is 2.58. The highest BCUT2D eigenvalue weighted by molar-refractivity contribution is 6.00. The van der Waals surface area contributed by atoms with Crippen LogP contribution in [0.2, 0.25) is 0 Å². The average molecular weight is 280 g/mol. The molecular formula is C19H20O2. The number of ether oxygens (including phenoxy) is 1. The zero-order valence-electron chi connectivity index (χ0n) is 12.9. The molecule has 4 rings (SSSR count). The van der Waals surface area contributed by atoms with Gasteiger partial charge in [-0.05, 0) is 60.9 Å². The third-order valence-corrected chi connectivity index (χ3v) is 5.30. The van der Waals surface area contributed by atoms with Crippen LogP contribution in [0.5, 0.6) is 5.75 Å². The zero-order chi connectivity index (χ0) is 14.8. The Hall–Kier alpha value is -1.83. The summed E-state index contributed by atoms with van der Waals surface area (Å²) in [4.78, 5) is 12.3. The number of hydrogen-bond acceptors (Lipinski definition) is 2. The van der Waals surface area contributed by atoms with E-state index in [0.29, 0.717) is 12.2 Å². The van der Waals surface area contributed by atoms with Crippen LogP contribution in [0.3, 0.4) is 0 Å². The highest BCUT2D eigenvalue weighted by atomic mass is 16.5. The standard InChI is InChI=1S/C19H20O2/c1-11-4-5-14-13-6-7-17(20)19(2,3)15(13)10-16-18(14)12(11)8-9-21-16/h4-5,10H,6-9H2,1-3H3. The second kappa shape index (κ2) is 4.09. The lowest BCUT2D eigenvalue weighted by molar-refractivity contribution is -0.124. The van der Waals surface area contributed by atoms with E-state index in [-0.39, 0.29) is 0 Å². The van der Waals surface area contributed by atoms with Gasteiger partial charge in [0, 0.05) is 23.6 Å².